The van der Waals surface area contributed by atoms with Crippen molar-refractivity contribution >= 4 is 17.5 Å². The van der Waals surface area contributed by atoms with Crippen LogP contribution in [0.2, 0.25) is 0 Å². The average Bonchev–Trinajstić information content (AvgIpc) is 2.53. The molecule has 6 heteroatoms. The fourth-order valence-corrected chi connectivity index (χ4v) is 2.61. The molecule has 0 spiro atoms. The lowest BCUT2D eigenvalue weighted by Gasteiger charge is -2.30. The fraction of sp³-hybridized carbons (Fsp3) is 0.533. The second-order valence-corrected chi connectivity index (χ2v) is 5.49. The van der Waals surface area contributed by atoms with Crippen molar-refractivity contribution in [2.75, 3.05) is 34.4 Å². The molecule has 1 aliphatic heterocycles. The van der Waals surface area contributed by atoms with Crippen molar-refractivity contribution in [2.45, 2.75) is 18.2 Å². The number of piperidine rings is 1. The van der Waals surface area contributed by atoms with Crippen molar-refractivity contribution in [3.63, 3.8) is 0 Å². The average molecular weight is 314 g/mol. The van der Waals surface area contributed by atoms with Gasteiger partial charge in [-0.05, 0) is 12.8 Å². The third-order valence-corrected chi connectivity index (χ3v) is 4.08. The quantitative estimate of drug-likeness (QED) is 0.802. The summed E-state index contributed by atoms with van der Waals surface area (Å²) in [6.45, 7) is 1.31. The molecule has 0 unspecified atom stereocenters. The van der Waals surface area contributed by atoms with Crippen molar-refractivity contribution in [1.29, 1.82) is 0 Å². The molecule has 1 aromatic carbocycles. The van der Waals surface area contributed by atoms with Crippen molar-refractivity contribution in [1.82, 2.24) is 4.90 Å². The molecule has 1 fully saturated rings. The Morgan fingerprint density at radius 3 is 2.10 bits per heavy atom. The number of amides is 1. The zero-order valence-corrected chi connectivity index (χ0v) is 13.3. The highest BCUT2D eigenvalue weighted by Gasteiger charge is 2.26. The number of halogens is 1. The molecular weight excluding hydrogens is 294 g/mol. The molecule has 0 atom stereocenters. The number of ether oxygens (including phenoxy) is 3. The van der Waals surface area contributed by atoms with E-state index in [1.165, 1.54) is 14.2 Å². The largest absolute Gasteiger partial charge is 0.496 e. The number of carbonyl (C=O) groups excluding carboxylic acids is 1. The minimum Gasteiger partial charge on any atom is -0.496 e. The third kappa shape index (κ3) is 3.35. The third-order valence-electron chi connectivity index (χ3n) is 3.65. The predicted octanol–water partition coefficient (Wildman–Crippen LogP) is 2.56. The monoisotopic (exact) mass is 313 g/mol. The minimum absolute atomic E-state index is 0.0728. The summed E-state index contributed by atoms with van der Waals surface area (Å²) in [5, 5.41) is 0.154. The van der Waals surface area contributed by atoms with Crippen molar-refractivity contribution in [3.05, 3.63) is 17.7 Å². The van der Waals surface area contributed by atoms with Gasteiger partial charge in [0.15, 0.2) is 11.5 Å². The molecular formula is C15H20ClNO4. The number of hydrogen-bond acceptors (Lipinski definition) is 4. The van der Waals surface area contributed by atoms with E-state index in [0.717, 1.165) is 12.8 Å². The number of hydrogen-bond donors (Lipinski definition) is 0. The molecule has 116 valence electrons. The van der Waals surface area contributed by atoms with Crippen molar-refractivity contribution < 1.29 is 19.0 Å². The number of methoxy groups -OCH3 is 3. The standard InChI is InChI=1S/C15H20ClNO4/c1-19-12-9-14(21-3)13(20-2)8-11(12)15(18)17-6-4-10(16)5-7-17/h8-10H,4-7H2,1-3H3. The van der Waals surface area contributed by atoms with E-state index < -0.39 is 0 Å². The summed E-state index contributed by atoms with van der Waals surface area (Å²) in [7, 11) is 4.62. The Balaban J connectivity index is 2.31. The van der Waals surface area contributed by atoms with E-state index in [1.807, 2.05) is 0 Å². The predicted molar refractivity (Wildman–Crippen MR) is 80.9 cm³/mol. The number of likely N-dealkylation sites (tertiary alicyclic amines) is 1. The first-order valence-corrected chi connectivity index (χ1v) is 7.27. The van der Waals surface area contributed by atoms with Gasteiger partial charge < -0.3 is 19.1 Å². The van der Waals surface area contributed by atoms with Crippen LogP contribution in [-0.4, -0.2) is 50.6 Å². The van der Waals surface area contributed by atoms with Crippen LogP contribution in [0.25, 0.3) is 0 Å². The van der Waals surface area contributed by atoms with E-state index in [-0.39, 0.29) is 11.3 Å². The Morgan fingerprint density at radius 2 is 1.57 bits per heavy atom. The molecule has 1 heterocycles. The van der Waals surface area contributed by atoms with E-state index in [9.17, 15) is 4.79 Å². The second-order valence-electron chi connectivity index (χ2n) is 4.87. The Morgan fingerprint density at radius 1 is 1.05 bits per heavy atom. The first-order valence-electron chi connectivity index (χ1n) is 6.84. The van der Waals surface area contributed by atoms with E-state index in [1.54, 1.807) is 24.1 Å². The summed E-state index contributed by atoms with van der Waals surface area (Å²) >= 11 is 6.08. The molecule has 1 aliphatic rings. The second kappa shape index (κ2) is 6.89. The Labute approximate surface area is 129 Å². The molecule has 2 rings (SSSR count). The number of alkyl halides is 1. The van der Waals surface area contributed by atoms with E-state index in [4.69, 9.17) is 25.8 Å². The van der Waals surface area contributed by atoms with Crippen LogP contribution in [0.15, 0.2) is 12.1 Å². The van der Waals surface area contributed by atoms with Gasteiger partial charge in [-0.2, -0.15) is 0 Å². The van der Waals surface area contributed by atoms with Crippen LogP contribution in [0.4, 0.5) is 0 Å². The van der Waals surface area contributed by atoms with Gasteiger partial charge in [-0.15, -0.1) is 11.6 Å². The van der Waals surface area contributed by atoms with Gasteiger partial charge in [0.25, 0.3) is 5.91 Å². The summed E-state index contributed by atoms with van der Waals surface area (Å²) in [6.07, 6.45) is 1.62. The number of nitrogens with zero attached hydrogens (tertiary/aromatic N) is 1. The molecule has 5 nitrogen and oxygen atoms in total. The van der Waals surface area contributed by atoms with Crippen LogP contribution in [0, 0.1) is 0 Å². The van der Waals surface area contributed by atoms with Gasteiger partial charge >= 0.3 is 0 Å². The molecule has 0 radical (unpaired) electrons. The molecule has 0 saturated carbocycles. The van der Waals surface area contributed by atoms with Gasteiger partial charge in [0, 0.05) is 30.6 Å². The molecule has 21 heavy (non-hydrogen) atoms. The maximum Gasteiger partial charge on any atom is 0.257 e. The van der Waals surface area contributed by atoms with Crippen LogP contribution < -0.4 is 14.2 Å². The Hall–Kier alpha value is -1.62. The van der Waals surface area contributed by atoms with Gasteiger partial charge in [-0.1, -0.05) is 0 Å². The molecule has 0 aliphatic carbocycles. The highest BCUT2D eigenvalue weighted by atomic mass is 35.5. The maximum absolute atomic E-state index is 12.7. The SMILES string of the molecule is COc1cc(OC)c(C(=O)N2CCC(Cl)CC2)cc1OC. The molecule has 1 aromatic rings. The molecule has 0 aromatic heterocycles. The summed E-state index contributed by atoms with van der Waals surface area (Å²) in [5.41, 5.74) is 0.475. The first kappa shape index (κ1) is 15.8. The van der Waals surface area contributed by atoms with E-state index in [2.05, 4.69) is 0 Å². The van der Waals surface area contributed by atoms with Crippen LogP contribution >= 0.6 is 11.6 Å². The number of benzene rings is 1. The smallest absolute Gasteiger partial charge is 0.257 e. The number of rotatable bonds is 4. The van der Waals surface area contributed by atoms with Gasteiger partial charge in [0.2, 0.25) is 0 Å². The Kier molecular flexibility index (Phi) is 5.17. The summed E-state index contributed by atoms with van der Waals surface area (Å²) in [4.78, 5) is 14.5. The van der Waals surface area contributed by atoms with Gasteiger partial charge in [0.05, 0.1) is 26.9 Å². The van der Waals surface area contributed by atoms with Crippen molar-refractivity contribution in [3.8, 4) is 17.2 Å². The van der Waals surface area contributed by atoms with Gasteiger partial charge in [0.1, 0.15) is 5.75 Å². The van der Waals surface area contributed by atoms with E-state index >= 15 is 0 Å². The lowest BCUT2D eigenvalue weighted by Crippen LogP contribution is -2.38. The molecule has 1 amide bonds. The lowest BCUT2D eigenvalue weighted by atomic mass is 10.1. The molecule has 1 saturated heterocycles. The molecule has 0 bridgehead atoms. The van der Waals surface area contributed by atoms with Crippen LogP contribution in [0.1, 0.15) is 23.2 Å². The zero-order chi connectivity index (χ0) is 15.4. The van der Waals surface area contributed by atoms with Crippen molar-refractivity contribution in [2.24, 2.45) is 0 Å². The highest BCUT2D eigenvalue weighted by molar-refractivity contribution is 6.20. The first-order chi connectivity index (χ1) is 10.1. The summed E-state index contributed by atoms with van der Waals surface area (Å²) in [5.74, 6) is 1.45. The Bertz CT molecular complexity index is 513. The normalized spacial score (nSPS) is 15.7. The highest BCUT2D eigenvalue weighted by Crippen LogP contribution is 2.35. The summed E-state index contributed by atoms with van der Waals surface area (Å²) in [6, 6.07) is 3.33. The fourth-order valence-electron chi connectivity index (χ4n) is 2.42. The van der Waals surface area contributed by atoms with E-state index in [0.29, 0.717) is 35.9 Å². The zero-order valence-electron chi connectivity index (χ0n) is 12.5. The lowest BCUT2D eigenvalue weighted by molar-refractivity contribution is 0.0722. The van der Waals surface area contributed by atoms with Gasteiger partial charge in [-0.25, -0.2) is 0 Å². The minimum atomic E-state index is -0.0728. The summed E-state index contributed by atoms with van der Waals surface area (Å²) < 4.78 is 15.8. The maximum atomic E-state index is 12.7. The van der Waals surface area contributed by atoms with Crippen LogP contribution in [0.3, 0.4) is 0 Å². The van der Waals surface area contributed by atoms with Gasteiger partial charge in [-0.3, -0.25) is 4.79 Å². The number of carbonyl (C=O) groups is 1. The van der Waals surface area contributed by atoms with Crippen LogP contribution in [-0.2, 0) is 0 Å². The topological polar surface area (TPSA) is 48.0 Å². The molecule has 0 N–H and O–H groups in total. The van der Waals surface area contributed by atoms with Crippen LogP contribution in [0.5, 0.6) is 17.2 Å².